The van der Waals surface area contributed by atoms with Crippen molar-refractivity contribution < 1.29 is 9.53 Å². The quantitative estimate of drug-likeness (QED) is 0.779. The fraction of sp³-hybridized carbons (Fsp3) is 0.294. The smallest absolute Gasteiger partial charge is 0.224 e. The molecule has 0 bridgehead atoms. The number of benzene rings is 1. The molecule has 0 aliphatic heterocycles. The molecule has 1 atom stereocenters. The highest BCUT2D eigenvalue weighted by Gasteiger charge is 2.05. The molecule has 0 saturated carbocycles. The Labute approximate surface area is 154 Å². The Balaban J connectivity index is 0.00000264. The van der Waals surface area contributed by atoms with Crippen molar-refractivity contribution in [2.24, 2.45) is 5.73 Å². The number of pyridine rings is 1. The molecule has 0 spiro atoms. The molecule has 3 N–H and O–H groups in total. The lowest BCUT2D eigenvalue weighted by Crippen LogP contribution is -2.19. The summed E-state index contributed by atoms with van der Waals surface area (Å²) >= 11 is 0. The van der Waals surface area contributed by atoms with Crippen LogP contribution in [0.2, 0.25) is 0 Å². The SMILES string of the molecule is CC(N)CCC(=O)Nc1cccc(OCc2ccccn2)c1.Cl.Cl. The molecular weight excluding hydrogens is 349 g/mol. The first-order valence-corrected chi connectivity index (χ1v) is 7.31. The average molecular weight is 372 g/mol. The molecule has 1 amide bonds. The number of nitrogens with one attached hydrogen (secondary N) is 1. The number of anilines is 1. The van der Waals surface area contributed by atoms with Crippen molar-refractivity contribution in [2.75, 3.05) is 5.32 Å². The molecule has 1 heterocycles. The van der Waals surface area contributed by atoms with Gasteiger partial charge in [-0.05, 0) is 37.6 Å². The van der Waals surface area contributed by atoms with Gasteiger partial charge in [0.1, 0.15) is 12.4 Å². The highest BCUT2D eigenvalue weighted by molar-refractivity contribution is 5.90. The molecule has 0 aliphatic rings. The summed E-state index contributed by atoms with van der Waals surface area (Å²) in [7, 11) is 0. The molecule has 0 radical (unpaired) electrons. The van der Waals surface area contributed by atoms with Gasteiger partial charge >= 0.3 is 0 Å². The molecule has 24 heavy (non-hydrogen) atoms. The molecule has 0 aliphatic carbocycles. The first kappa shape index (κ1) is 22.2. The van der Waals surface area contributed by atoms with E-state index in [9.17, 15) is 4.79 Å². The van der Waals surface area contributed by atoms with Crippen molar-refractivity contribution in [1.29, 1.82) is 0 Å². The normalized spacial score (nSPS) is 10.8. The Bertz CT molecular complexity index is 610. The van der Waals surface area contributed by atoms with Crippen molar-refractivity contribution in [3.63, 3.8) is 0 Å². The molecule has 1 aromatic carbocycles. The number of hydrogen-bond donors (Lipinski definition) is 2. The first-order chi connectivity index (χ1) is 10.6. The lowest BCUT2D eigenvalue weighted by Gasteiger charge is -2.09. The fourth-order valence-corrected chi connectivity index (χ4v) is 1.89. The number of ether oxygens (including phenoxy) is 1. The largest absolute Gasteiger partial charge is 0.487 e. The van der Waals surface area contributed by atoms with Crippen LogP contribution in [0.3, 0.4) is 0 Å². The number of aromatic nitrogens is 1. The third-order valence-electron chi connectivity index (χ3n) is 3.06. The van der Waals surface area contributed by atoms with Crippen LogP contribution >= 0.6 is 24.8 Å². The predicted molar refractivity (Wildman–Crippen MR) is 101 cm³/mol. The standard InChI is InChI=1S/C17H21N3O2.2ClH/c1-13(18)8-9-17(21)20-14-6-4-7-16(11-14)22-12-15-5-2-3-10-19-15;;/h2-7,10-11,13H,8-9,12,18H2,1H3,(H,20,21);2*1H. The summed E-state index contributed by atoms with van der Waals surface area (Å²) < 4.78 is 5.68. The second kappa shape index (κ2) is 11.7. The molecule has 0 fully saturated rings. The highest BCUT2D eigenvalue weighted by atomic mass is 35.5. The van der Waals surface area contributed by atoms with E-state index in [0.29, 0.717) is 30.9 Å². The number of carbonyl (C=O) groups excluding carboxylic acids is 1. The van der Waals surface area contributed by atoms with Gasteiger partial charge in [0.25, 0.3) is 0 Å². The van der Waals surface area contributed by atoms with Crippen LogP contribution in [0.15, 0.2) is 48.7 Å². The van der Waals surface area contributed by atoms with Crippen LogP contribution < -0.4 is 15.8 Å². The van der Waals surface area contributed by atoms with E-state index in [4.69, 9.17) is 10.5 Å². The Hall–Kier alpha value is -1.82. The molecule has 2 rings (SSSR count). The maximum atomic E-state index is 11.8. The number of hydrogen-bond acceptors (Lipinski definition) is 4. The zero-order chi connectivity index (χ0) is 15.8. The number of nitrogens with two attached hydrogens (primary N) is 1. The van der Waals surface area contributed by atoms with Crippen LogP contribution in [-0.4, -0.2) is 16.9 Å². The average Bonchev–Trinajstić information content (AvgIpc) is 2.52. The zero-order valence-corrected chi connectivity index (χ0v) is 15.1. The van der Waals surface area contributed by atoms with Gasteiger partial charge in [-0.3, -0.25) is 9.78 Å². The van der Waals surface area contributed by atoms with Gasteiger partial charge in [0, 0.05) is 30.4 Å². The van der Waals surface area contributed by atoms with Crippen LogP contribution in [0, 0.1) is 0 Å². The molecule has 5 nitrogen and oxygen atoms in total. The number of rotatable bonds is 7. The number of nitrogens with zero attached hydrogens (tertiary/aromatic N) is 1. The summed E-state index contributed by atoms with van der Waals surface area (Å²) in [6, 6.07) is 13.0. The van der Waals surface area contributed by atoms with Crippen LogP contribution in [0.1, 0.15) is 25.5 Å². The van der Waals surface area contributed by atoms with E-state index >= 15 is 0 Å². The summed E-state index contributed by atoms with van der Waals surface area (Å²) in [6.45, 7) is 2.28. The Morgan fingerprint density at radius 2 is 2.04 bits per heavy atom. The first-order valence-electron chi connectivity index (χ1n) is 7.31. The minimum absolute atomic E-state index is 0. The predicted octanol–water partition coefficient (Wildman–Crippen LogP) is 3.57. The summed E-state index contributed by atoms with van der Waals surface area (Å²) in [5, 5.41) is 2.85. The van der Waals surface area contributed by atoms with E-state index in [-0.39, 0.29) is 36.8 Å². The second-order valence-corrected chi connectivity index (χ2v) is 5.20. The summed E-state index contributed by atoms with van der Waals surface area (Å²) in [4.78, 5) is 16.0. The second-order valence-electron chi connectivity index (χ2n) is 5.20. The van der Waals surface area contributed by atoms with Crippen molar-refractivity contribution in [3.8, 4) is 5.75 Å². The topological polar surface area (TPSA) is 77.2 Å². The van der Waals surface area contributed by atoms with E-state index in [2.05, 4.69) is 10.3 Å². The molecule has 7 heteroatoms. The summed E-state index contributed by atoms with van der Waals surface area (Å²) in [5.74, 6) is 0.648. The van der Waals surface area contributed by atoms with Crippen LogP contribution in [0.5, 0.6) is 5.75 Å². The van der Waals surface area contributed by atoms with Crippen molar-refractivity contribution in [3.05, 3.63) is 54.4 Å². The lowest BCUT2D eigenvalue weighted by molar-refractivity contribution is -0.116. The molecule has 2 aromatic rings. The van der Waals surface area contributed by atoms with Gasteiger partial charge in [-0.1, -0.05) is 12.1 Å². The van der Waals surface area contributed by atoms with E-state index in [1.54, 1.807) is 12.3 Å². The van der Waals surface area contributed by atoms with E-state index in [1.807, 2.05) is 43.3 Å². The van der Waals surface area contributed by atoms with Gasteiger partial charge in [0.2, 0.25) is 5.91 Å². The van der Waals surface area contributed by atoms with Gasteiger partial charge in [-0.15, -0.1) is 24.8 Å². The van der Waals surface area contributed by atoms with E-state index in [1.165, 1.54) is 0 Å². The molecule has 1 unspecified atom stereocenters. The maximum Gasteiger partial charge on any atom is 0.224 e. The summed E-state index contributed by atoms with van der Waals surface area (Å²) in [6.07, 6.45) is 2.81. The zero-order valence-electron chi connectivity index (χ0n) is 13.5. The number of halogens is 2. The third kappa shape index (κ3) is 8.15. The molecule has 1 aromatic heterocycles. The van der Waals surface area contributed by atoms with Gasteiger partial charge in [-0.2, -0.15) is 0 Å². The van der Waals surface area contributed by atoms with Gasteiger partial charge in [0.15, 0.2) is 0 Å². The lowest BCUT2D eigenvalue weighted by atomic mass is 10.2. The minimum atomic E-state index is -0.0424. The molecular formula is C17H23Cl2N3O2. The monoisotopic (exact) mass is 371 g/mol. The Morgan fingerprint density at radius 3 is 2.71 bits per heavy atom. The van der Waals surface area contributed by atoms with Crippen LogP contribution in [-0.2, 0) is 11.4 Å². The molecule has 0 saturated heterocycles. The van der Waals surface area contributed by atoms with E-state index in [0.717, 1.165) is 5.69 Å². The van der Waals surface area contributed by atoms with Gasteiger partial charge < -0.3 is 15.8 Å². The highest BCUT2D eigenvalue weighted by Crippen LogP contribution is 2.18. The maximum absolute atomic E-state index is 11.8. The number of carbonyl (C=O) groups is 1. The number of amides is 1. The van der Waals surface area contributed by atoms with Gasteiger partial charge in [-0.25, -0.2) is 0 Å². The van der Waals surface area contributed by atoms with Crippen molar-refractivity contribution >= 4 is 36.4 Å². The van der Waals surface area contributed by atoms with Crippen LogP contribution in [0.25, 0.3) is 0 Å². The Morgan fingerprint density at radius 1 is 1.25 bits per heavy atom. The Kier molecular flexibility index (Phi) is 10.8. The third-order valence-corrected chi connectivity index (χ3v) is 3.06. The summed E-state index contributed by atoms with van der Waals surface area (Å²) in [5.41, 5.74) is 7.22. The molecule has 132 valence electrons. The van der Waals surface area contributed by atoms with Crippen molar-refractivity contribution in [2.45, 2.75) is 32.4 Å². The van der Waals surface area contributed by atoms with Crippen molar-refractivity contribution in [1.82, 2.24) is 4.98 Å². The minimum Gasteiger partial charge on any atom is -0.487 e. The fourth-order valence-electron chi connectivity index (χ4n) is 1.89. The van der Waals surface area contributed by atoms with E-state index < -0.39 is 0 Å². The van der Waals surface area contributed by atoms with Gasteiger partial charge in [0.05, 0.1) is 5.69 Å². The van der Waals surface area contributed by atoms with Crippen LogP contribution in [0.4, 0.5) is 5.69 Å².